The lowest BCUT2D eigenvalue weighted by Gasteiger charge is -2.29. The second-order valence-electron chi connectivity index (χ2n) is 8.12. The maximum atomic E-state index is 13.5. The van der Waals surface area contributed by atoms with Crippen LogP contribution in [-0.2, 0) is 0 Å². The second-order valence-corrected chi connectivity index (χ2v) is 8.53. The van der Waals surface area contributed by atoms with E-state index in [0.29, 0.717) is 29.6 Å². The van der Waals surface area contributed by atoms with Gasteiger partial charge < -0.3 is 21.3 Å². The monoisotopic (exact) mass is 426 g/mol. The van der Waals surface area contributed by atoms with Gasteiger partial charge in [0, 0.05) is 30.2 Å². The van der Waals surface area contributed by atoms with E-state index in [4.69, 9.17) is 21.6 Å². The Hall–Kier alpha value is -2.64. The van der Waals surface area contributed by atoms with E-state index in [2.05, 4.69) is 28.2 Å². The van der Waals surface area contributed by atoms with Crippen molar-refractivity contribution in [2.24, 2.45) is 5.92 Å². The maximum absolute atomic E-state index is 13.5. The van der Waals surface area contributed by atoms with Gasteiger partial charge in [-0.15, -0.1) is 0 Å². The molecule has 2 fully saturated rings. The minimum atomic E-state index is -0.456. The van der Waals surface area contributed by atoms with E-state index < -0.39 is 5.82 Å². The van der Waals surface area contributed by atoms with Gasteiger partial charge in [0.1, 0.15) is 17.2 Å². The highest BCUT2D eigenvalue weighted by Crippen LogP contribution is 2.36. The summed E-state index contributed by atoms with van der Waals surface area (Å²) in [5.41, 5.74) is 2.46. The molecular weight excluding hydrogens is 403 g/mol. The number of halogens is 2. The molecule has 1 aromatic heterocycles. The zero-order valence-corrected chi connectivity index (χ0v) is 17.4. The van der Waals surface area contributed by atoms with E-state index in [9.17, 15) is 4.39 Å². The predicted molar refractivity (Wildman–Crippen MR) is 120 cm³/mol. The highest BCUT2D eigenvalue weighted by molar-refractivity contribution is 6.31. The molecule has 3 aromatic rings. The topological polar surface area (TPSA) is 73.9 Å². The van der Waals surface area contributed by atoms with Crippen LogP contribution in [0.25, 0.3) is 10.9 Å². The summed E-state index contributed by atoms with van der Waals surface area (Å²) in [6.45, 7) is 4.07. The van der Waals surface area contributed by atoms with E-state index in [1.54, 1.807) is 6.07 Å². The predicted octanol–water partition coefficient (Wildman–Crippen LogP) is 4.76. The molecule has 0 spiro atoms. The Labute approximate surface area is 179 Å². The molecule has 1 saturated heterocycles. The fourth-order valence-electron chi connectivity index (χ4n) is 3.68. The molecule has 1 aliphatic heterocycles. The molecule has 0 bridgehead atoms. The number of nitrogens with one attached hydrogen (secondary N) is 4. The van der Waals surface area contributed by atoms with E-state index >= 15 is 0 Å². The van der Waals surface area contributed by atoms with Crippen molar-refractivity contribution in [2.75, 3.05) is 29.0 Å². The molecule has 4 N–H and O–H groups in total. The minimum absolute atomic E-state index is 0.0568. The third kappa shape index (κ3) is 4.00. The molecule has 2 heterocycles. The van der Waals surface area contributed by atoms with Crippen LogP contribution in [0, 0.1) is 11.7 Å². The van der Waals surface area contributed by atoms with E-state index in [-0.39, 0.29) is 5.02 Å². The fraction of sp³-hybridized carbons (Fsp3) is 0.364. The third-order valence-electron chi connectivity index (χ3n) is 5.74. The van der Waals surface area contributed by atoms with Crippen LogP contribution in [0.15, 0.2) is 36.4 Å². The first-order chi connectivity index (χ1) is 14.6. The van der Waals surface area contributed by atoms with E-state index in [1.807, 2.05) is 18.2 Å². The van der Waals surface area contributed by atoms with Gasteiger partial charge in [-0.05, 0) is 56.0 Å². The van der Waals surface area contributed by atoms with Crippen LogP contribution in [0.2, 0.25) is 5.02 Å². The highest BCUT2D eigenvalue weighted by Gasteiger charge is 2.28. The summed E-state index contributed by atoms with van der Waals surface area (Å²) < 4.78 is 13.5. The van der Waals surface area contributed by atoms with Gasteiger partial charge in [-0.25, -0.2) is 9.37 Å². The average Bonchev–Trinajstić information content (AvgIpc) is 3.53. The van der Waals surface area contributed by atoms with E-state index in [0.717, 1.165) is 35.5 Å². The van der Waals surface area contributed by atoms with E-state index in [1.165, 1.54) is 25.0 Å². The van der Waals surface area contributed by atoms with Gasteiger partial charge >= 0.3 is 0 Å². The first-order valence-electron chi connectivity index (χ1n) is 10.3. The molecule has 1 saturated carbocycles. The Balaban J connectivity index is 1.54. The van der Waals surface area contributed by atoms with Crippen molar-refractivity contribution in [2.45, 2.75) is 31.8 Å². The van der Waals surface area contributed by atoms with Crippen LogP contribution in [0.5, 0.6) is 0 Å². The number of hydrogen-bond donors (Lipinski definition) is 4. The van der Waals surface area contributed by atoms with Gasteiger partial charge in [-0.3, -0.25) is 0 Å². The van der Waals surface area contributed by atoms with Crippen molar-refractivity contribution in [3.63, 3.8) is 0 Å². The number of hydrogen-bond acceptors (Lipinski definition) is 6. The van der Waals surface area contributed by atoms with Gasteiger partial charge in [0.15, 0.2) is 0 Å². The molecule has 0 amide bonds. The smallest absolute Gasteiger partial charge is 0.229 e. The van der Waals surface area contributed by atoms with Crippen LogP contribution in [0.1, 0.15) is 19.8 Å². The van der Waals surface area contributed by atoms with Gasteiger partial charge in [-0.1, -0.05) is 17.7 Å². The summed E-state index contributed by atoms with van der Waals surface area (Å²) >= 11 is 5.94. The summed E-state index contributed by atoms with van der Waals surface area (Å²) in [7, 11) is 0. The Morgan fingerprint density at radius 1 is 1.17 bits per heavy atom. The highest BCUT2D eigenvalue weighted by atomic mass is 35.5. The largest absolute Gasteiger partial charge is 0.378 e. The van der Waals surface area contributed by atoms with Crippen molar-refractivity contribution in [1.82, 2.24) is 15.3 Å². The van der Waals surface area contributed by atoms with Crippen molar-refractivity contribution in [3.8, 4) is 0 Å². The molecular formula is C22H24ClFN6. The Bertz CT molecular complexity index is 1080. The molecule has 156 valence electrons. The number of anilines is 4. The summed E-state index contributed by atoms with van der Waals surface area (Å²) in [5, 5.41) is 14.6. The van der Waals surface area contributed by atoms with Crippen LogP contribution in [0.3, 0.4) is 0 Å². The lowest BCUT2D eigenvalue weighted by Crippen LogP contribution is -2.51. The number of benzene rings is 2. The van der Waals surface area contributed by atoms with Crippen molar-refractivity contribution >= 4 is 45.6 Å². The fourth-order valence-corrected chi connectivity index (χ4v) is 3.86. The molecule has 0 unspecified atom stereocenters. The summed E-state index contributed by atoms with van der Waals surface area (Å²) in [6, 6.07) is 11.3. The lowest BCUT2D eigenvalue weighted by molar-refractivity contribution is 0.472. The molecule has 5 rings (SSSR count). The minimum Gasteiger partial charge on any atom is -0.378 e. The second kappa shape index (κ2) is 7.89. The molecule has 2 aliphatic rings. The lowest BCUT2D eigenvalue weighted by atomic mass is 10.1. The van der Waals surface area contributed by atoms with Gasteiger partial charge in [0.05, 0.1) is 16.8 Å². The first kappa shape index (κ1) is 19.3. The van der Waals surface area contributed by atoms with Crippen LogP contribution >= 0.6 is 11.6 Å². The number of fused-ring (bicyclic) bond motifs is 1. The Morgan fingerprint density at radius 2 is 2.00 bits per heavy atom. The number of para-hydroxylation sites is 1. The molecule has 1 atom stereocenters. The molecule has 6 nitrogen and oxygen atoms in total. The zero-order chi connectivity index (χ0) is 20.7. The zero-order valence-electron chi connectivity index (χ0n) is 16.7. The maximum Gasteiger partial charge on any atom is 0.229 e. The number of aromatic nitrogens is 2. The summed E-state index contributed by atoms with van der Waals surface area (Å²) in [6.07, 6.45) is 2.50. The molecule has 0 radical (unpaired) electrons. The van der Waals surface area contributed by atoms with Crippen LogP contribution in [-0.4, -0.2) is 35.1 Å². The normalized spacial score (nSPS) is 17.4. The third-order valence-corrected chi connectivity index (χ3v) is 6.03. The van der Waals surface area contributed by atoms with Crippen LogP contribution in [0.4, 0.5) is 27.5 Å². The standard InChI is InChI=1S/C22H24ClFN6/c1-12(13-5-6-13)26-21-16-3-2-4-19(27-15-10-25-11-15)20(16)29-22(30-21)28-14-7-8-18(24)17(23)9-14/h2-4,7-9,12-13,15,25,27H,5-6,10-11H2,1H3,(H2,26,28,29,30)/t12-/m1/s1. The number of rotatable bonds is 7. The van der Waals surface area contributed by atoms with Crippen molar-refractivity contribution < 1.29 is 4.39 Å². The quantitative estimate of drug-likeness (QED) is 0.436. The summed E-state index contributed by atoms with van der Waals surface area (Å²) in [4.78, 5) is 9.52. The Morgan fingerprint density at radius 3 is 2.70 bits per heavy atom. The summed E-state index contributed by atoms with van der Waals surface area (Å²) in [5.74, 6) is 1.47. The SMILES string of the molecule is C[C@@H](Nc1nc(Nc2ccc(F)c(Cl)c2)nc2c(NC3CNC3)cccc12)C1CC1. The Kier molecular flexibility index (Phi) is 5.08. The van der Waals surface area contributed by atoms with Crippen molar-refractivity contribution in [3.05, 3.63) is 47.2 Å². The molecule has 1 aliphatic carbocycles. The first-order valence-corrected chi connectivity index (χ1v) is 10.7. The molecule has 2 aromatic carbocycles. The average molecular weight is 427 g/mol. The molecule has 30 heavy (non-hydrogen) atoms. The molecule has 8 heteroatoms. The van der Waals surface area contributed by atoms with Crippen molar-refractivity contribution in [1.29, 1.82) is 0 Å². The van der Waals surface area contributed by atoms with Gasteiger partial charge in [0.25, 0.3) is 0 Å². The van der Waals surface area contributed by atoms with Crippen LogP contribution < -0.4 is 21.3 Å². The number of nitrogens with zero attached hydrogens (tertiary/aromatic N) is 2. The van der Waals surface area contributed by atoms with Gasteiger partial charge in [0.2, 0.25) is 5.95 Å². The van der Waals surface area contributed by atoms with Gasteiger partial charge in [-0.2, -0.15) is 4.98 Å².